The number of phenolic OH excluding ortho intramolecular Hbond substituents is 2. The van der Waals surface area contributed by atoms with E-state index in [1.165, 1.54) is 0 Å². The van der Waals surface area contributed by atoms with Crippen molar-refractivity contribution >= 4 is 33.2 Å². The minimum atomic E-state index is -3.43. The first-order valence-corrected chi connectivity index (χ1v) is 13.4. The normalized spacial score (nSPS) is 11.4. The molecule has 0 heterocycles. The number of phenols is 2. The lowest BCUT2D eigenvalue weighted by Gasteiger charge is -2.23. The van der Waals surface area contributed by atoms with E-state index in [0.717, 1.165) is 28.5 Å². The molecule has 0 aliphatic rings. The van der Waals surface area contributed by atoms with Gasteiger partial charge in [-0.2, -0.15) is 0 Å². The van der Waals surface area contributed by atoms with Crippen LogP contribution >= 0.6 is 0 Å². The Balaban J connectivity index is 0.000000381. The molecule has 36 heavy (non-hydrogen) atoms. The van der Waals surface area contributed by atoms with Crippen LogP contribution < -0.4 is 15.4 Å². The van der Waals surface area contributed by atoms with E-state index >= 15 is 0 Å². The quantitative estimate of drug-likeness (QED) is 0.361. The maximum Gasteiger partial charge on any atom is 0.239 e. The molecule has 2 aromatic carbocycles. The van der Waals surface area contributed by atoms with E-state index in [2.05, 4.69) is 15.4 Å². The van der Waals surface area contributed by atoms with Crippen LogP contribution in [-0.2, 0) is 25.0 Å². The van der Waals surface area contributed by atoms with Gasteiger partial charge < -0.3 is 20.8 Å². The molecule has 0 saturated carbocycles. The smallest absolute Gasteiger partial charge is 0.239 e. The van der Waals surface area contributed by atoms with Crippen LogP contribution in [-0.4, -0.2) is 43.2 Å². The number of sulfonamides is 1. The Morgan fingerprint density at radius 2 is 1.47 bits per heavy atom. The van der Waals surface area contributed by atoms with Gasteiger partial charge in [-0.3, -0.25) is 9.59 Å². The van der Waals surface area contributed by atoms with Crippen LogP contribution in [0.1, 0.15) is 61.9 Å². The van der Waals surface area contributed by atoms with E-state index in [-0.39, 0.29) is 35.1 Å². The van der Waals surface area contributed by atoms with Gasteiger partial charge in [0.15, 0.2) is 0 Å². The predicted molar refractivity (Wildman–Crippen MR) is 144 cm³/mol. The molecule has 0 spiro atoms. The van der Waals surface area contributed by atoms with E-state index in [4.69, 9.17) is 0 Å². The second-order valence-corrected chi connectivity index (χ2v) is 11.7. The van der Waals surface area contributed by atoms with Crippen molar-refractivity contribution in [2.24, 2.45) is 0 Å². The van der Waals surface area contributed by atoms with E-state index in [0.29, 0.717) is 17.7 Å². The number of hydrogen-bond acceptors (Lipinski definition) is 6. The van der Waals surface area contributed by atoms with Crippen molar-refractivity contribution < 1.29 is 28.2 Å². The van der Waals surface area contributed by atoms with Crippen molar-refractivity contribution in [2.75, 3.05) is 23.4 Å². The molecule has 2 amide bonds. The van der Waals surface area contributed by atoms with Crippen LogP contribution in [0.15, 0.2) is 18.2 Å². The highest BCUT2D eigenvalue weighted by Crippen LogP contribution is 2.37. The number of carbonyl (C=O) groups excluding carboxylic acids is 2. The molecule has 0 atom stereocenters. The van der Waals surface area contributed by atoms with Crippen molar-refractivity contribution in [2.45, 2.75) is 67.2 Å². The largest absolute Gasteiger partial charge is 0.505 e. The standard InChI is InChI=1S/C14H22N2O4S.C12H17NO2/c1-9-6-10(14(2,3)4)13(18)11(7-9)16-12(17)8-15-21(5,19)20;1-5-10(14)13-11-9(4)7(2)6-8(3)12(11)15/h6-7,15,18H,8H2,1-5H3,(H,16,17);6,15H,5H2,1-4H3,(H,13,14). The Kier molecular flexibility index (Phi) is 10.5. The zero-order valence-electron chi connectivity index (χ0n) is 22.6. The molecule has 0 aliphatic heterocycles. The Labute approximate surface area is 214 Å². The van der Waals surface area contributed by atoms with Crippen LogP contribution in [0.25, 0.3) is 0 Å². The van der Waals surface area contributed by atoms with Crippen molar-refractivity contribution in [3.8, 4) is 11.5 Å². The molecule has 2 rings (SSSR count). The number of amides is 2. The lowest BCUT2D eigenvalue weighted by molar-refractivity contribution is -0.116. The van der Waals surface area contributed by atoms with E-state index in [1.807, 2.05) is 60.6 Å². The van der Waals surface area contributed by atoms with E-state index in [9.17, 15) is 28.2 Å². The molecule has 0 fully saturated rings. The highest BCUT2D eigenvalue weighted by molar-refractivity contribution is 7.88. The Morgan fingerprint density at radius 3 is 1.97 bits per heavy atom. The summed E-state index contributed by atoms with van der Waals surface area (Å²) in [5.41, 5.74) is 4.92. The topological polar surface area (TPSA) is 145 Å². The van der Waals surface area contributed by atoms with Crippen LogP contribution in [0, 0.1) is 27.7 Å². The monoisotopic (exact) mass is 521 g/mol. The highest BCUT2D eigenvalue weighted by Gasteiger charge is 2.21. The average Bonchev–Trinajstić information content (AvgIpc) is 2.75. The second kappa shape index (κ2) is 12.2. The molecule has 0 aromatic heterocycles. The molecule has 2 aromatic rings. The fourth-order valence-corrected chi connectivity index (χ4v) is 3.68. The van der Waals surface area contributed by atoms with Gasteiger partial charge in [-0.15, -0.1) is 0 Å². The average molecular weight is 522 g/mol. The summed E-state index contributed by atoms with van der Waals surface area (Å²) in [6.45, 7) is 14.8. The predicted octanol–water partition coefficient (Wildman–Crippen LogP) is 4.15. The molecule has 0 radical (unpaired) electrons. The zero-order chi connectivity index (χ0) is 28.0. The van der Waals surface area contributed by atoms with E-state index in [1.54, 1.807) is 13.0 Å². The van der Waals surface area contributed by atoms with Crippen LogP contribution in [0.5, 0.6) is 11.5 Å². The Hall–Kier alpha value is -3.11. The van der Waals surface area contributed by atoms with Crippen molar-refractivity contribution in [3.05, 3.63) is 46.0 Å². The van der Waals surface area contributed by atoms with Crippen LogP contribution in [0.2, 0.25) is 0 Å². The summed E-state index contributed by atoms with van der Waals surface area (Å²) in [7, 11) is -3.43. The highest BCUT2D eigenvalue weighted by atomic mass is 32.2. The van der Waals surface area contributed by atoms with Gasteiger partial charge in [0.1, 0.15) is 11.5 Å². The molecule has 0 aliphatic carbocycles. The third-order valence-corrected chi connectivity index (χ3v) is 6.10. The minimum absolute atomic E-state index is 0.000746. The molecule has 200 valence electrons. The maximum atomic E-state index is 11.7. The molecular weight excluding hydrogens is 482 g/mol. The summed E-state index contributed by atoms with van der Waals surface area (Å²) in [5.74, 6) is -0.458. The molecule has 9 nitrogen and oxygen atoms in total. The number of benzene rings is 2. The summed E-state index contributed by atoms with van der Waals surface area (Å²) < 4.78 is 24.0. The maximum absolute atomic E-state index is 11.7. The SMILES string of the molecule is CCC(=O)Nc1c(C)c(C)cc(C)c1O.Cc1cc(NC(=O)CNS(C)(=O)=O)c(O)c(C(C)(C)C)c1. The summed E-state index contributed by atoms with van der Waals surface area (Å²) in [4.78, 5) is 23.0. The molecular formula is C26H39N3O6S. The molecule has 10 heteroatoms. The first-order chi connectivity index (χ1) is 16.4. The van der Waals surface area contributed by atoms with Crippen LogP contribution in [0.4, 0.5) is 11.4 Å². The van der Waals surface area contributed by atoms with Crippen molar-refractivity contribution in [1.29, 1.82) is 0 Å². The van der Waals surface area contributed by atoms with Gasteiger partial charge in [-0.05, 0) is 61.4 Å². The lowest BCUT2D eigenvalue weighted by Crippen LogP contribution is -2.32. The van der Waals surface area contributed by atoms with Gasteiger partial charge in [0.25, 0.3) is 0 Å². The fourth-order valence-electron chi connectivity index (χ4n) is 3.29. The summed E-state index contributed by atoms with van der Waals surface area (Å²) in [6.07, 6.45) is 1.38. The fraction of sp³-hybridized carbons (Fsp3) is 0.462. The third-order valence-electron chi connectivity index (χ3n) is 5.43. The first-order valence-electron chi connectivity index (χ1n) is 11.6. The molecule has 5 N–H and O–H groups in total. The Bertz CT molecular complexity index is 1210. The van der Waals surface area contributed by atoms with Crippen LogP contribution in [0.3, 0.4) is 0 Å². The first kappa shape index (κ1) is 30.9. The van der Waals surface area contributed by atoms with Crippen molar-refractivity contribution in [1.82, 2.24) is 4.72 Å². The molecule has 0 saturated heterocycles. The van der Waals surface area contributed by atoms with Gasteiger partial charge in [0.2, 0.25) is 21.8 Å². The van der Waals surface area contributed by atoms with Gasteiger partial charge in [0.05, 0.1) is 24.2 Å². The van der Waals surface area contributed by atoms with Gasteiger partial charge >= 0.3 is 0 Å². The summed E-state index contributed by atoms with van der Waals surface area (Å²) in [5, 5.41) is 25.3. The van der Waals surface area contributed by atoms with Gasteiger partial charge in [-0.1, -0.05) is 39.8 Å². The summed E-state index contributed by atoms with van der Waals surface area (Å²) in [6, 6.07) is 5.41. The second-order valence-electron chi connectivity index (χ2n) is 9.86. The van der Waals surface area contributed by atoms with E-state index < -0.39 is 15.9 Å². The number of aryl methyl sites for hydroxylation is 3. The van der Waals surface area contributed by atoms with Gasteiger partial charge in [0, 0.05) is 12.0 Å². The lowest BCUT2D eigenvalue weighted by atomic mass is 9.85. The number of carbonyl (C=O) groups is 2. The number of aromatic hydroxyl groups is 2. The van der Waals surface area contributed by atoms with Gasteiger partial charge in [-0.25, -0.2) is 13.1 Å². The molecule has 0 bridgehead atoms. The number of nitrogens with one attached hydrogen (secondary N) is 3. The number of rotatable bonds is 6. The zero-order valence-corrected chi connectivity index (χ0v) is 23.4. The Morgan fingerprint density at radius 1 is 0.889 bits per heavy atom. The number of hydrogen-bond donors (Lipinski definition) is 5. The number of anilines is 2. The minimum Gasteiger partial charge on any atom is -0.505 e. The third kappa shape index (κ3) is 9.16. The van der Waals surface area contributed by atoms with Crippen molar-refractivity contribution in [3.63, 3.8) is 0 Å². The summed E-state index contributed by atoms with van der Waals surface area (Å²) >= 11 is 0. The molecule has 0 unspecified atom stereocenters.